The fraction of sp³-hybridized carbons (Fsp3) is 0.200. The Bertz CT molecular complexity index is 749. The number of rotatable bonds is 6. The molecule has 1 N–H and O–H groups in total. The molecule has 0 aliphatic carbocycles. The highest BCUT2D eigenvalue weighted by Gasteiger charge is 2.10. The average Bonchev–Trinajstić information content (AvgIpc) is 3.08. The zero-order chi connectivity index (χ0) is 16.1. The van der Waals surface area contributed by atoms with Gasteiger partial charge in [0.2, 0.25) is 0 Å². The molecule has 1 aromatic heterocycles. The second-order valence-electron chi connectivity index (χ2n) is 5.55. The van der Waals surface area contributed by atoms with Crippen LogP contribution in [0.3, 0.4) is 0 Å². The number of ether oxygens (including phenoxy) is 1. The predicted molar refractivity (Wildman–Crippen MR) is 94.0 cm³/mol. The van der Waals surface area contributed by atoms with Gasteiger partial charge in [0.15, 0.2) is 0 Å². The summed E-state index contributed by atoms with van der Waals surface area (Å²) in [6.07, 6.45) is 2.07. The molecule has 0 saturated heterocycles. The lowest BCUT2D eigenvalue weighted by Gasteiger charge is -2.17. The number of hydrogen-bond donors (Lipinski definition) is 1. The van der Waals surface area contributed by atoms with Crippen LogP contribution in [-0.2, 0) is 6.54 Å². The first kappa shape index (κ1) is 15.4. The molecular weight excluding hydrogens is 284 g/mol. The summed E-state index contributed by atoms with van der Waals surface area (Å²) in [7, 11) is 1.71. The number of benzene rings is 2. The smallest absolute Gasteiger partial charge is 0.142 e. The van der Waals surface area contributed by atoms with Crippen molar-refractivity contribution < 1.29 is 4.74 Å². The van der Waals surface area contributed by atoms with E-state index in [0.717, 1.165) is 18.0 Å². The maximum Gasteiger partial charge on any atom is 0.142 e. The van der Waals surface area contributed by atoms with Crippen molar-refractivity contribution in [1.29, 1.82) is 0 Å². The highest BCUT2D eigenvalue weighted by atomic mass is 16.5. The molecule has 0 amide bonds. The zero-order valence-corrected chi connectivity index (χ0v) is 13.6. The minimum Gasteiger partial charge on any atom is -0.495 e. The van der Waals surface area contributed by atoms with Gasteiger partial charge in [-0.25, -0.2) is 0 Å². The predicted octanol–water partition coefficient (Wildman–Crippen LogP) is 4.34. The fourth-order valence-electron chi connectivity index (χ4n) is 2.74. The van der Waals surface area contributed by atoms with Crippen molar-refractivity contribution in [3.05, 3.63) is 84.2 Å². The summed E-state index contributed by atoms with van der Waals surface area (Å²) in [6, 6.07) is 23.1. The largest absolute Gasteiger partial charge is 0.495 e. The van der Waals surface area contributed by atoms with Crippen molar-refractivity contribution in [3.8, 4) is 11.4 Å². The van der Waals surface area contributed by atoms with E-state index < -0.39 is 0 Å². The Morgan fingerprint density at radius 2 is 1.70 bits per heavy atom. The Labute approximate surface area is 137 Å². The Morgan fingerprint density at radius 1 is 0.957 bits per heavy atom. The summed E-state index contributed by atoms with van der Waals surface area (Å²) in [5.41, 5.74) is 3.56. The molecule has 3 heteroatoms. The van der Waals surface area contributed by atoms with Crippen LogP contribution < -0.4 is 10.1 Å². The first-order valence-corrected chi connectivity index (χ1v) is 7.87. The first-order valence-electron chi connectivity index (χ1n) is 7.87. The molecular formula is C20H22N2O. The van der Waals surface area contributed by atoms with Gasteiger partial charge in [0.1, 0.15) is 5.75 Å². The van der Waals surface area contributed by atoms with Gasteiger partial charge in [0, 0.05) is 24.5 Å². The van der Waals surface area contributed by atoms with Crippen molar-refractivity contribution in [2.45, 2.75) is 19.5 Å². The highest BCUT2D eigenvalue weighted by Crippen LogP contribution is 2.24. The summed E-state index contributed by atoms with van der Waals surface area (Å²) in [4.78, 5) is 0. The van der Waals surface area contributed by atoms with E-state index >= 15 is 0 Å². The van der Waals surface area contributed by atoms with Gasteiger partial charge in [-0.05, 0) is 36.8 Å². The lowest BCUT2D eigenvalue weighted by Crippen LogP contribution is -2.19. The van der Waals surface area contributed by atoms with Gasteiger partial charge in [0.25, 0.3) is 0 Å². The molecule has 1 unspecified atom stereocenters. The second-order valence-corrected chi connectivity index (χ2v) is 5.55. The third-order valence-electron chi connectivity index (χ3n) is 4.07. The van der Waals surface area contributed by atoms with Crippen molar-refractivity contribution >= 4 is 0 Å². The topological polar surface area (TPSA) is 26.2 Å². The molecule has 3 nitrogen and oxygen atoms in total. The number of para-hydroxylation sites is 2. The molecule has 2 aromatic carbocycles. The minimum absolute atomic E-state index is 0.303. The first-order chi connectivity index (χ1) is 11.3. The highest BCUT2D eigenvalue weighted by molar-refractivity contribution is 5.48. The summed E-state index contributed by atoms with van der Waals surface area (Å²) in [6.45, 7) is 2.98. The van der Waals surface area contributed by atoms with Gasteiger partial charge in [-0.2, -0.15) is 0 Å². The fourth-order valence-corrected chi connectivity index (χ4v) is 2.74. The van der Waals surface area contributed by atoms with Crippen LogP contribution >= 0.6 is 0 Å². The van der Waals surface area contributed by atoms with Gasteiger partial charge in [-0.3, -0.25) is 0 Å². The molecule has 0 spiro atoms. The van der Waals surface area contributed by atoms with E-state index in [-0.39, 0.29) is 0 Å². The molecule has 1 heterocycles. The molecule has 0 radical (unpaired) electrons. The van der Waals surface area contributed by atoms with E-state index in [1.165, 1.54) is 11.3 Å². The Balaban J connectivity index is 1.77. The van der Waals surface area contributed by atoms with Crippen LogP contribution in [-0.4, -0.2) is 11.7 Å². The third kappa shape index (κ3) is 3.46. The van der Waals surface area contributed by atoms with Crippen LogP contribution in [0, 0.1) is 0 Å². The van der Waals surface area contributed by atoms with Gasteiger partial charge in [-0.1, -0.05) is 42.5 Å². The Kier molecular flexibility index (Phi) is 4.79. The molecule has 3 rings (SSSR count). The van der Waals surface area contributed by atoms with Crippen molar-refractivity contribution in [3.63, 3.8) is 0 Å². The molecule has 0 aliphatic rings. The van der Waals surface area contributed by atoms with Crippen LogP contribution in [0.2, 0.25) is 0 Å². The van der Waals surface area contributed by atoms with Crippen molar-refractivity contribution in [2.75, 3.05) is 7.11 Å². The van der Waals surface area contributed by atoms with Gasteiger partial charge in [-0.15, -0.1) is 0 Å². The number of nitrogens with one attached hydrogen (secondary N) is 1. The van der Waals surface area contributed by atoms with Crippen molar-refractivity contribution in [2.24, 2.45) is 0 Å². The van der Waals surface area contributed by atoms with Crippen LogP contribution in [0.5, 0.6) is 5.75 Å². The lowest BCUT2D eigenvalue weighted by molar-refractivity contribution is 0.412. The number of methoxy groups -OCH3 is 1. The summed E-state index contributed by atoms with van der Waals surface area (Å²) in [5, 5.41) is 3.59. The van der Waals surface area contributed by atoms with E-state index in [4.69, 9.17) is 4.74 Å². The summed E-state index contributed by atoms with van der Waals surface area (Å²) in [5.74, 6) is 0.876. The third-order valence-corrected chi connectivity index (χ3v) is 4.07. The average molecular weight is 306 g/mol. The Hall–Kier alpha value is -2.52. The van der Waals surface area contributed by atoms with Gasteiger partial charge in [0.05, 0.1) is 12.8 Å². The number of hydrogen-bond acceptors (Lipinski definition) is 2. The Morgan fingerprint density at radius 3 is 2.48 bits per heavy atom. The summed E-state index contributed by atoms with van der Waals surface area (Å²) >= 11 is 0. The maximum absolute atomic E-state index is 5.48. The number of aromatic nitrogens is 1. The molecule has 0 fully saturated rings. The molecule has 118 valence electrons. The second kappa shape index (κ2) is 7.16. The minimum atomic E-state index is 0.303. The van der Waals surface area contributed by atoms with Crippen molar-refractivity contribution in [1.82, 2.24) is 9.88 Å². The van der Waals surface area contributed by atoms with E-state index in [1.54, 1.807) is 7.11 Å². The maximum atomic E-state index is 5.48. The standard InChI is InChI=1S/C20H22N2O/c1-16(17-9-4-3-5-10-17)21-15-18-11-8-14-22(18)19-12-6-7-13-20(19)23-2/h3-14,16,21H,15H2,1-2H3. The van der Waals surface area contributed by atoms with E-state index in [1.807, 2.05) is 24.3 Å². The monoisotopic (exact) mass is 306 g/mol. The van der Waals surface area contributed by atoms with Crippen LogP contribution in [0.25, 0.3) is 5.69 Å². The van der Waals surface area contributed by atoms with E-state index in [0.29, 0.717) is 6.04 Å². The molecule has 23 heavy (non-hydrogen) atoms. The molecule has 0 saturated carbocycles. The van der Waals surface area contributed by atoms with E-state index in [9.17, 15) is 0 Å². The molecule has 0 aliphatic heterocycles. The van der Waals surface area contributed by atoms with E-state index in [2.05, 4.69) is 65.5 Å². The zero-order valence-electron chi connectivity index (χ0n) is 13.6. The summed E-state index contributed by atoms with van der Waals surface area (Å²) < 4.78 is 7.65. The molecule has 1 atom stereocenters. The van der Waals surface area contributed by atoms with Gasteiger partial charge < -0.3 is 14.6 Å². The quantitative estimate of drug-likeness (QED) is 0.733. The SMILES string of the molecule is COc1ccccc1-n1cccc1CNC(C)c1ccccc1. The van der Waals surface area contributed by atoms with Gasteiger partial charge >= 0.3 is 0 Å². The lowest BCUT2D eigenvalue weighted by atomic mass is 10.1. The molecule has 3 aromatic rings. The molecule has 0 bridgehead atoms. The van der Waals surface area contributed by atoms with Crippen LogP contribution in [0.15, 0.2) is 72.9 Å². The number of nitrogens with zero attached hydrogens (tertiary/aromatic N) is 1. The van der Waals surface area contributed by atoms with Crippen LogP contribution in [0.4, 0.5) is 0 Å². The normalized spacial score (nSPS) is 12.1. The van der Waals surface area contributed by atoms with Crippen LogP contribution in [0.1, 0.15) is 24.2 Å².